The topological polar surface area (TPSA) is 64.1 Å². The van der Waals surface area contributed by atoms with Crippen LogP contribution in [0.5, 0.6) is 5.75 Å². The number of aromatic nitrogens is 2. The third-order valence-electron chi connectivity index (χ3n) is 3.51. The van der Waals surface area contributed by atoms with Crippen molar-refractivity contribution in [2.75, 3.05) is 11.9 Å². The molecule has 1 aromatic heterocycles. The van der Waals surface area contributed by atoms with E-state index >= 15 is 0 Å². The summed E-state index contributed by atoms with van der Waals surface area (Å²) in [5, 5.41) is 12.4. The molecule has 1 heterocycles. The molecule has 1 amide bonds. The van der Waals surface area contributed by atoms with Crippen molar-refractivity contribution in [3.8, 4) is 5.75 Å². The van der Waals surface area contributed by atoms with Crippen LogP contribution in [0.25, 0.3) is 0 Å². The molecule has 1 aliphatic carbocycles. The Balaban J connectivity index is 1.51. The number of anilines is 1. The summed E-state index contributed by atoms with van der Waals surface area (Å²) in [5.74, 6) is 0.982. The van der Waals surface area contributed by atoms with Crippen LogP contribution in [0.3, 0.4) is 0 Å². The number of carbonyl (C=O) groups is 1. The van der Waals surface area contributed by atoms with Gasteiger partial charge in [0.25, 0.3) is 5.91 Å². The lowest BCUT2D eigenvalue weighted by atomic mass is 10.1. The average molecular weight is 396 g/mol. The predicted molar refractivity (Wildman–Crippen MR) is 94.1 cm³/mol. The van der Waals surface area contributed by atoms with Crippen molar-refractivity contribution >= 4 is 38.3 Å². The molecule has 0 atom stereocenters. The second-order valence-electron chi connectivity index (χ2n) is 5.57. The second kappa shape index (κ2) is 7.40. The Morgan fingerprint density at radius 1 is 1.43 bits per heavy atom. The van der Waals surface area contributed by atoms with Gasteiger partial charge in [-0.3, -0.25) is 10.1 Å². The van der Waals surface area contributed by atoms with Crippen molar-refractivity contribution in [1.29, 1.82) is 0 Å². The summed E-state index contributed by atoms with van der Waals surface area (Å²) >= 11 is 4.93. The molecule has 122 valence electrons. The Kier molecular flexibility index (Phi) is 5.27. The average Bonchev–Trinajstić information content (AvgIpc) is 3.27. The summed E-state index contributed by atoms with van der Waals surface area (Å²) in [4.78, 5) is 11.9. The fraction of sp³-hybridized carbons (Fsp3) is 0.438. The summed E-state index contributed by atoms with van der Waals surface area (Å²) in [6.45, 7) is 2.09. The minimum Gasteiger partial charge on any atom is -0.483 e. The standard InChI is InChI=1S/C16H18BrN3O2S/c1-2-3-10-4-7-13(12(17)8-10)22-9-14(21)18-16-20-19-15(23-16)11-5-6-11/h4,7-8,11H,2-3,5-6,9H2,1H3,(H,18,20,21). The van der Waals surface area contributed by atoms with Crippen LogP contribution in [0.2, 0.25) is 0 Å². The third kappa shape index (κ3) is 4.51. The van der Waals surface area contributed by atoms with Gasteiger partial charge < -0.3 is 4.74 Å². The van der Waals surface area contributed by atoms with Gasteiger partial charge in [-0.05, 0) is 52.9 Å². The number of hydrogen-bond donors (Lipinski definition) is 1. The second-order valence-corrected chi connectivity index (χ2v) is 7.43. The number of benzene rings is 1. The lowest BCUT2D eigenvalue weighted by Gasteiger charge is -2.09. The zero-order chi connectivity index (χ0) is 16.2. The van der Waals surface area contributed by atoms with E-state index in [1.165, 1.54) is 29.7 Å². The summed E-state index contributed by atoms with van der Waals surface area (Å²) < 4.78 is 6.43. The molecule has 2 aromatic rings. The van der Waals surface area contributed by atoms with E-state index in [9.17, 15) is 4.79 Å². The minimum absolute atomic E-state index is 0.0515. The fourth-order valence-electron chi connectivity index (χ4n) is 2.18. The van der Waals surface area contributed by atoms with E-state index < -0.39 is 0 Å². The van der Waals surface area contributed by atoms with Crippen LogP contribution in [0, 0.1) is 0 Å². The Morgan fingerprint density at radius 2 is 2.26 bits per heavy atom. The van der Waals surface area contributed by atoms with Crippen molar-refractivity contribution in [2.45, 2.75) is 38.5 Å². The molecule has 1 aliphatic rings. The van der Waals surface area contributed by atoms with Crippen LogP contribution in [0.1, 0.15) is 42.7 Å². The van der Waals surface area contributed by atoms with Gasteiger partial charge >= 0.3 is 0 Å². The number of hydrogen-bond acceptors (Lipinski definition) is 5. The molecule has 0 unspecified atom stereocenters. The molecule has 5 nitrogen and oxygen atoms in total. The highest BCUT2D eigenvalue weighted by molar-refractivity contribution is 9.10. The quantitative estimate of drug-likeness (QED) is 0.764. The highest BCUT2D eigenvalue weighted by Gasteiger charge is 2.27. The maximum Gasteiger partial charge on any atom is 0.264 e. The van der Waals surface area contributed by atoms with Gasteiger partial charge in [0.15, 0.2) is 6.61 Å². The van der Waals surface area contributed by atoms with Gasteiger partial charge in [0, 0.05) is 5.92 Å². The molecule has 0 bridgehead atoms. The lowest BCUT2D eigenvalue weighted by molar-refractivity contribution is -0.118. The number of carbonyl (C=O) groups excluding carboxylic acids is 1. The van der Waals surface area contributed by atoms with Crippen molar-refractivity contribution in [3.63, 3.8) is 0 Å². The van der Waals surface area contributed by atoms with Gasteiger partial charge in [0.2, 0.25) is 5.13 Å². The van der Waals surface area contributed by atoms with Crippen LogP contribution in [0.15, 0.2) is 22.7 Å². The molecule has 0 saturated heterocycles. The van der Waals surface area contributed by atoms with Crippen molar-refractivity contribution in [2.24, 2.45) is 0 Å². The SMILES string of the molecule is CCCc1ccc(OCC(=O)Nc2nnc(C3CC3)s2)c(Br)c1. The Labute approximate surface area is 147 Å². The van der Waals surface area contributed by atoms with E-state index in [0.717, 1.165) is 22.3 Å². The van der Waals surface area contributed by atoms with Gasteiger partial charge in [-0.1, -0.05) is 30.7 Å². The van der Waals surface area contributed by atoms with E-state index in [1.807, 2.05) is 18.2 Å². The number of rotatable bonds is 7. The first-order chi connectivity index (χ1) is 11.2. The highest BCUT2D eigenvalue weighted by atomic mass is 79.9. The molecule has 1 N–H and O–H groups in total. The van der Waals surface area contributed by atoms with E-state index in [2.05, 4.69) is 38.4 Å². The number of nitrogens with one attached hydrogen (secondary N) is 1. The molecule has 1 saturated carbocycles. The fourth-order valence-corrected chi connectivity index (χ4v) is 3.65. The largest absolute Gasteiger partial charge is 0.483 e. The molecule has 1 aromatic carbocycles. The van der Waals surface area contributed by atoms with E-state index in [0.29, 0.717) is 16.8 Å². The van der Waals surface area contributed by atoms with E-state index in [4.69, 9.17) is 4.74 Å². The van der Waals surface area contributed by atoms with Gasteiger partial charge in [0.05, 0.1) is 4.47 Å². The smallest absolute Gasteiger partial charge is 0.264 e. The number of halogens is 1. The monoisotopic (exact) mass is 395 g/mol. The first kappa shape index (κ1) is 16.4. The zero-order valence-electron chi connectivity index (χ0n) is 12.8. The molecule has 0 spiro atoms. The molecule has 0 aliphatic heterocycles. The first-order valence-electron chi connectivity index (χ1n) is 7.70. The summed E-state index contributed by atoms with van der Waals surface area (Å²) in [7, 11) is 0. The molecule has 0 radical (unpaired) electrons. The van der Waals surface area contributed by atoms with Crippen molar-refractivity contribution in [1.82, 2.24) is 10.2 Å². The third-order valence-corrected chi connectivity index (χ3v) is 5.13. The maximum absolute atomic E-state index is 11.9. The summed E-state index contributed by atoms with van der Waals surface area (Å²) in [6, 6.07) is 5.94. The molecule has 3 rings (SSSR count). The van der Waals surface area contributed by atoms with Crippen molar-refractivity contribution in [3.05, 3.63) is 33.2 Å². The molecule has 7 heteroatoms. The minimum atomic E-state index is -0.229. The number of nitrogens with zero attached hydrogens (tertiary/aromatic N) is 2. The van der Waals surface area contributed by atoms with Gasteiger partial charge in [-0.15, -0.1) is 10.2 Å². The van der Waals surface area contributed by atoms with Crippen molar-refractivity contribution < 1.29 is 9.53 Å². The summed E-state index contributed by atoms with van der Waals surface area (Å²) in [6.07, 6.45) is 4.47. The van der Waals surface area contributed by atoms with Crippen LogP contribution in [-0.2, 0) is 11.2 Å². The lowest BCUT2D eigenvalue weighted by Crippen LogP contribution is -2.20. The first-order valence-corrected chi connectivity index (χ1v) is 9.31. The number of amides is 1. The normalized spacial score (nSPS) is 13.8. The Hall–Kier alpha value is -1.47. The van der Waals surface area contributed by atoms with Gasteiger partial charge in [-0.25, -0.2) is 0 Å². The van der Waals surface area contributed by atoms with Crippen LogP contribution < -0.4 is 10.1 Å². The van der Waals surface area contributed by atoms with Crippen LogP contribution in [-0.4, -0.2) is 22.7 Å². The van der Waals surface area contributed by atoms with Crippen LogP contribution >= 0.6 is 27.3 Å². The molecular formula is C16H18BrN3O2S. The van der Waals surface area contributed by atoms with E-state index in [1.54, 1.807) is 0 Å². The van der Waals surface area contributed by atoms with E-state index in [-0.39, 0.29) is 12.5 Å². The molecular weight excluding hydrogens is 378 g/mol. The Bertz CT molecular complexity index is 700. The zero-order valence-corrected chi connectivity index (χ0v) is 15.2. The van der Waals surface area contributed by atoms with Crippen LogP contribution in [0.4, 0.5) is 5.13 Å². The Morgan fingerprint density at radius 3 is 2.96 bits per heavy atom. The van der Waals surface area contributed by atoms with Gasteiger partial charge in [0.1, 0.15) is 10.8 Å². The molecule has 23 heavy (non-hydrogen) atoms. The summed E-state index contributed by atoms with van der Waals surface area (Å²) in [5.41, 5.74) is 1.25. The highest BCUT2D eigenvalue weighted by Crippen LogP contribution is 2.42. The molecule has 1 fully saturated rings. The number of aryl methyl sites for hydroxylation is 1. The predicted octanol–water partition coefficient (Wildman–Crippen LogP) is 4.15. The van der Waals surface area contributed by atoms with Gasteiger partial charge in [-0.2, -0.15) is 0 Å². The number of ether oxygens (including phenoxy) is 1. The maximum atomic E-state index is 11.9.